The Labute approximate surface area is 44.8 Å². The normalized spacial score (nSPS) is 1.75. The zero-order valence-electron chi connectivity index (χ0n) is 2.23. The van der Waals surface area contributed by atoms with Crippen LogP contribution in [-0.2, 0) is 27.3 Å². The Kier molecular flexibility index (Phi) is 23.8. The molecular weight excluding hydrogens is 152 g/mol. The van der Waals surface area contributed by atoms with Crippen molar-refractivity contribution >= 4 is 0 Å². The Morgan fingerprint density at radius 1 is 1.75 bits per heavy atom. The van der Waals surface area contributed by atoms with Gasteiger partial charge in [-0.05, 0) is 0 Å². The van der Waals surface area contributed by atoms with E-state index < -0.39 is 0 Å². The number of hydrogen-bond donors (Lipinski definition) is 1. The minimum atomic E-state index is 0. The third-order valence-electron chi connectivity index (χ3n) is 0. The van der Waals surface area contributed by atoms with E-state index in [0.717, 1.165) is 0 Å². The molecular formula is CH2CdN2+2. The van der Waals surface area contributed by atoms with Crippen LogP contribution < -0.4 is 5.73 Å². The molecule has 0 rings (SSSR count). The molecule has 0 aromatic rings. The van der Waals surface area contributed by atoms with Gasteiger partial charge in [0.1, 0.15) is 0 Å². The second-order valence-electron chi connectivity index (χ2n) is 0.129. The molecule has 0 radical (unpaired) electrons. The summed E-state index contributed by atoms with van der Waals surface area (Å²) in [5.74, 6) is 0. The molecule has 16 valence electrons. The maximum Gasteiger partial charge on any atom is 2.00 e. The molecule has 0 heterocycles. The third kappa shape index (κ3) is 72.3. The number of hydrogen-bond acceptors (Lipinski definition) is 2. The number of rotatable bonds is 0. The Bertz CT molecular complexity index is 27.5. The van der Waals surface area contributed by atoms with E-state index in [9.17, 15) is 0 Å². The number of nitrogens with two attached hydrogens (primary N) is 1. The van der Waals surface area contributed by atoms with Crippen LogP contribution >= 0.6 is 0 Å². The third-order valence-corrected chi connectivity index (χ3v) is 0. The van der Waals surface area contributed by atoms with Crippen LogP contribution in [0.2, 0.25) is 0 Å². The summed E-state index contributed by atoms with van der Waals surface area (Å²) >= 11 is 0. The molecule has 0 saturated carbocycles. The van der Waals surface area contributed by atoms with Gasteiger partial charge in [0, 0.05) is 0 Å². The summed E-state index contributed by atoms with van der Waals surface area (Å²) in [6.07, 6.45) is 1.25. The van der Waals surface area contributed by atoms with Gasteiger partial charge in [-0.2, -0.15) is 5.26 Å². The first-order valence-electron chi connectivity index (χ1n) is 0.512. The summed E-state index contributed by atoms with van der Waals surface area (Å²) in [6.45, 7) is 0. The van der Waals surface area contributed by atoms with E-state index >= 15 is 0 Å². The van der Waals surface area contributed by atoms with Crippen molar-refractivity contribution in [3.8, 4) is 6.19 Å². The molecule has 0 aliphatic heterocycles. The van der Waals surface area contributed by atoms with Gasteiger partial charge in [-0.15, -0.1) is 0 Å². The van der Waals surface area contributed by atoms with Crippen LogP contribution in [0.3, 0.4) is 0 Å². The van der Waals surface area contributed by atoms with Gasteiger partial charge in [-0.3, -0.25) is 0 Å². The number of nitriles is 1. The molecule has 0 unspecified atom stereocenters. The van der Waals surface area contributed by atoms with Gasteiger partial charge in [0.25, 0.3) is 0 Å². The molecule has 0 aliphatic rings. The van der Waals surface area contributed by atoms with E-state index in [0.29, 0.717) is 0 Å². The van der Waals surface area contributed by atoms with Crippen LogP contribution in [-0.4, -0.2) is 0 Å². The summed E-state index contributed by atoms with van der Waals surface area (Å²) < 4.78 is 0. The fraction of sp³-hybridized carbons (Fsp3) is 0. The molecule has 0 saturated heterocycles. The van der Waals surface area contributed by atoms with Crippen molar-refractivity contribution in [3.05, 3.63) is 0 Å². The van der Waals surface area contributed by atoms with Crippen molar-refractivity contribution in [3.63, 3.8) is 0 Å². The van der Waals surface area contributed by atoms with Crippen LogP contribution in [0.15, 0.2) is 0 Å². The molecule has 2 nitrogen and oxygen atoms in total. The smallest absolute Gasteiger partial charge is 0.337 e. The van der Waals surface area contributed by atoms with Crippen LogP contribution in [0.25, 0.3) is 0 Å². The molecule has 0 atom stereocenters. The standard InChI is InChI=1S/CH2N2.Cd/c2-1-3;/h2H2;/q;+2. The molecule has 3 heteroatoms. The van der Waals surface area contributed by atoms with E-state index in [2.05, 4.69) is 5.73 Å². The largest absolute Gasteiger partial charge is 2.00 e. The van der Waals surface area contributed by atoms with Gasteiger partial charge < -0.3 is 5.73 Å². The van der Waals surface area contributed by atoms with E-state index in [-0.39, 0.29) is 27.3 Å². The van der Waals surface area contributed by atoms with Gasteiger partial charge in [0.05, 0.1) is 0 Å². The van der Waals surface area contributed by atoms with Crippen molar-refractivity contribution in [2.24, 2.45) is 5.73 Å². The molecule has 0 aromatic heterocycles. The molecule has 0 amide bonds. The zero-order chi connectivity index (χ0) is 2.71. The van der Waals surface area contributed by atoms with Gasteiger partial charge in [-0.25, -0.2) is 0 Å². The summed E-state index contributed by atoms with van der Waals surface area (Å²) in [7, 11) is 0. The Morgan fingerprint density at radius 3 is 1.75 bits per heavy atom. The zero-order valence-corrected chi connectivity index (χ0v) is 6.27. The topological polar surface area (TPSA) is 49.8 Å². The maximum atomic E-state index is 7.10. The molecule has 0 aromatic carbocycles. The monoisotopic (exact) mass is 156 g/mol. The first kappa shape index (κ1) is 8.88. The van der Waals surface area contributed by atoms with Crippen molar-refractivity contribution in [2.75, 3.05) is 0 Å². The molecule has 0 spiro atoms. The van der Waals surface area contributed by atoms with E-state index in [1.54, 1.807) is 0 Å². The van der Waals surface area contributed by atoms with E-state index in [1.807, 2.05) is 0 Å². The summed E-state index contributed by atoms with van der Waals surface area (Å²) in [4.78, 5) is 0. The maximum absolute atomic E-state index is 7.10. The van der Waals surface area contributed by atoms with Crippen LogP contribution in [0.1, 0.15) is 0 Å². The SMILES string of the molecule is N#CN.[Cd+2]. The van der Waals surface area contributed by atoms with Gasteiger partial charge in [0.2, 0.25) is 0 Å². The second kappa shape index (κ2) is 10.7. The first-order chi connectivity index (χ1) is 1.41. The summed E-state index contributed by atoms with van der Waals surface area (Å²) in [6, 6.07) is 0. The molecule has 0 fully saturated rings. The fourth-order valence-corrected chi connectivity index (χ4v) is 0. The fourth-order valence-electron chi connectivity index (χ4n) is 0. The number of nitrogens with zero attached hydrogens (tertiary/aromatic N) is 1. The quantitative estimate of drug-likeness (QED) is 0.288. The minimum absolute atomic E-state index is 0. The summed E-state index contributed by atoms with van der Waals surface area (Å²) in [5.41, 5.74) is 4.15. The molecule has 2 N–H and O–H groups in total. The van der Waals surface area contributed by atoms with Crippen molar-refractivity contribution < 1.29 is 27.3 Å². The van der Waals surface area contributed by atoms with Crippen molar-refractivity contribution in [1.82, 2.24) is 0 Å². The van der Waals surface area contributed by atoms with Crippen LogP contribution in [0.4, 0.5) is 0 Å². The minimum Gasteiger partial charge on any atom is -0.337 e. The van der Waals surface area contributed by atoms with Crippen molar-refractivity contribution in [1.29, 1.82) is 5.26 Å². The predicted molar refractivity (Wildman–Crippen MR) is 9.80 cm³/mol. The van der Waals surface area contributed by atoms with E-state index in [1.165, 1.54) is 6.19 Å². The Balaban J connectivity index is 0. The average Bonchev–Trinajstić information content (AvgIpc) is 0.918. The Hall–Kier alpha value is 0.212. The molecule has 0 bridgehead atoms. The van der Waals surface area contributed by atoms with Crippen molar-refractivity contribution in [2.45, 2.75) is 0 Å². The average molecular weight is 154 g/mol. The van der Waals surface area contributed by atoms with Gasteiger partial charge in [0.15, 0.2) is 6.19 Å². The van der Waals surface area contributed by atoms with Crippen LogP contribution in [0.5, 0.6) is 0 Å². The first-order valence-corrected chi connectivity index (χ1v) is 0.512. The molecule has 4 heavy (non-hydrogen) atoms. The van der Waals surface area contributed by atoms with Gasteiger partial charge in [-0.1, -0.05) is 0 Å². The van der Waals surface area contributed by atoms with E-state index in [4.69, 9.17) is 5.26 Å². The predicted octanol–water partition coefficient (Wildman–Crippen LogP) is -0.576. The second-order valence-corrected chi connectivity index (χ2v) is 0.129. The molecule has 0 aliphatic carbocycles. The Morgan fingerprint density at radius 2 is 1.75 bits per heavy atom. The van der Waals surface area contributed by atoms with Gasteiger partial charge >= 0.3 is 27.3 Å². The van der Waals surface area contributed by atoms with Crippen LogP contribution in [0, 0.1) is 11.5 Å². The summed E-state index contributed by atoms with van der Waals surface area (Å²) in [5, 5.41) is 7.10.